The summed E-state index contributed by atoms with van der Waals surface area (Å²) in [6, 6.07) is 21.5. The van der Waals surface area contributed by atoms with E-state index in [4.69, 9.17) is 13.9 Å². The minimum atomic E-state index is -0.470. The average Bonchev–Trinajstić information content (AvgIpc) is 3.35. The fourth-order valence-electron chi connectivity index (χ4n) is 3.62. The summed E-state index contributed by atoms with van der Waals surface area (Å²) < 4.78 is 16.8. The Labute approximate surface area is 209 Å². The predicted molar refractivity (Wildman–Crippen MR) is 138 cm³/mol. The van der Waals surface area contributed by atoms with E-state index in [2.05, 4.69) is 15.6 Å². The standard InChI is InChI=1S/C28H27N3O5/c1-4-8-24(32)29-20-13-11-18(12-14-20)26-25(31-28(36-26)19-9-6-5-7-10-19)27(33)30-22-17-21(34-2)15-16-23(22)35-3/h5-7,9-17H,4,8H2,1-3H3,(H,29,32)(H,30,33). The van der Waals surface area contributed by atoms with Crippen molar-refractivity contribution in [2.45, 2.75) is 19.8 Å². The summed E-state index contributed by atoms with van der Waals surface area (Å²) in [4.78, 5) is 29.9. The monoisotopic (exact) mass is 485 g/mol. The van der Waals surface area contributed by atoms with Crippen LogP contribution in [0.25, 0.3) is 22.8 Å². The maximum absolute atomic E-state index is 13.4. The van der Waals surface area contributed by atoms with Gasteiger partial charge in [0.15, 0.2) is 11.5 Å². The van der Waals surface area contributed by atoms with Gasteiger partial charge in [0.25, 0.3) is 5.91 Å². The van der Waals surface area contributed by atoms with Crippen LogP contribution in [0.5, 0.6) is 11.5 Å². The number of ether oxygens (including phenoxy) is 2. The number of benzene rings is 3. The molecule has 4 aromatic rings. The summed E-state index contributed by atoms with van der Waals surface area (Å²) in [5, 5.41) is 5.71. The van der Waals surface area contributed by atoms with Crippen molar-refractivity contribution >= 4 is 23.2 Å². The van der Waals surface area contributed by atoms with Gasteiger partial charge in [0, 0.05) is 29.3 Å². The van der Waals surface area contributed by atoms with Crippen LogP contribution in [-0.2, 0) is 4.79 Å². The molecule has 0 fully saturated rings. The highest BCUT2D eigenvalue weighted by Crippen LogP contribution is 2.33. The van der Waals surface area contributed by atoms with Crippen LogP contribution in [0.3, 0.4) is 0 Å². The first-order chi connectivity index (χ1) is 17.5. The molecule has 0 spiro atoms. The Morgan fingerprint density at radius 2 is 1.64 bits per heavy atom. The maximum Gasteiger partial charge on any atom is 0.278 e. The Balaban J connectivity index is 1.70. The number of hydrogen-bond acceptors (Lipinski definition) is 6. The van der Waals surface area contributed by atoms with E-state index >= 15 is 0 Å². The number of hydrogen-bond donors (Lipinski definition) is 2. The van der Waals surface area contributed by atoms with Crippen molar-refractivity contribution in [1.82, 2.24) is 4.98 Å². The van der Waals surface area contributed by atoms with Gasteiger partial charge in [0.05, 0.1) is 19.9 Å². The van der Waals surface area contributed by atoms with Crippen molar-refractivity contribution < 1.29 is 23.5 Å². The number of amides is 2. The van der Waals surface area contributed by atoms with E-state index in [1.54, 1.807) is 49.6 Å². The van der Waals surface area contributed by atoms with Crippen LogP contribution in [0.2, 0.25) is 0 Å². The van der Waals surface area contributed by atoms with Crippen molar-refractivity contribution in [1.29, 1.82) is 0 Å². The maximum atomic E-state index is 13.4. The third-order valence-electron chi connectivity index (χ3n) is 5.43. The molecule has 0 aliphatic carbocycles. The molecule has 0 radical (unpaired) electrons. The van der Waals surface area contributed by atoms with Gasteiger partial charge in [-0.25, -0.2) is 4.98 Å². The number of rotatable bonds is 9. The molecule has 0 aliphatic heterocycles. The lowest BCUT2D eigenvalue weighted by molar-refractivity contribution is -0.116. The summed E-state index contributed by atoms with van der Waals surface area (Å²) in [5.41, 5.74) is 2.58. The molecule has 0 bridgehead atoms. The van der Waals surface area contributed by atoms with Crippen LogP contribution in [0.15, 0.2) is 77.2 Å². The zero-order valence-corrected chi connectivity index (χ0v) is 20.3. The van der Waals surface area contributed by atoms with Crippen LogP contribution in [-0.4, -0.2) is 31.0 Å². The highest BCUT2D eigenvalue weighted by Gasteiger charge is 2.23. The number of carbonyl (C=O) groups is 2. The minimum Gasteiger partial charge on any atom is -0.497 e. The Hall–Kier alpha value is -4.59. The van der Waals surface area contributed by atoms with Crippen LogP contribution < -0.4 is 20.1 Å². The molecule has 36 heavy (non-hydrogen) atoms. The second kappa shape index (κ2) is 11.2. The van der Waals surface area contributed by atoms with E-state index in [1.807, 2.05) is 37.3 Å². The third-order valence-corrected chi connectivity index (χ3v) is 5.43. The Morgan fingerprint density at radius 3 is 2.31 bits per heavy atom. The van der Waals surface area contributed by atoms with E-state index in [0.29, 0.717) is 46.5 Å². The highest BCUT2D eigenvalue weighted by atomic mass is 16.5. The zero-order valence-electron chi connectivity index (χ0n) is 20.3. The molecule has 3 aromatic carbocycles. The van der Waals surface area contributed by atoms with Crippen molar-refractivity contribution in [3.8, 4) is 34.3 Å². The normalized spacial score (nSPS) is 10.5. The molecule has 0 unspecified atom stereocenters. The van der Waals surface area contributed by atoms with Gasteiger partial charge in [-0.2, -0.15) is 0 Å². The van der Waals surface area contributed by atoms with Gasteiger partial charge in [-0.15, -0.1) is 0 Å². The Morgan fingerprint density at radius 1 is 0.889 bits per heavy atom. The molecular formula is C28H27N3O5. The van der Waals surface area contributed by atoms with Gasteiger partial charge < -0.3 is 24.5 Å². The van der Waals surface area contributed by atoms with Crippen molar-refractivity contribution in [2.24, 2.45) is 0 Å². The van der Waals surface area contributed by atoms with Gasteiger partial charge in [0.1, 0.15) is 11.5 Å². The topological polar surface area (TPSA) is 103 Å². The van der Waals surface area contributed by atoms with E-state index in [1.165, 1.54) is 7.11 Å². The molecule has 4 rings (SSSR count). The number of oxazole rings is 1. The molecular weight excluding hydrogens is 458 g/mol. The molecule has 0 saturated carbocycles. The number of methoxy groups -OCH3 is 2. The largest absolute Gasteiger partial charge is 0.497 e. The average molecular weight is 486 g/mol. The second-order valence-corrected chi connectivity index (χ2v) is 7.96. The molecule has 8 nitrogen and oxygen atoms in total. The number of nitrogens with one attached hydrogen (secondary N) is 2. The van der Waals surface area contributed by atoms with Crippen molar-refractivity contribution in [3.05, 3.63) is 78.5 Å². The molecule has 1 heterocycles. The summed E-state index contributed by atoms with van der Waals surface area (Å²) in [7, 11) is 3.07. The van der Waals surface area contributed by atoms with Crippen molar-refractivity contribution in [2.75, 3.05) is 24.9 Å². The fourth-order valence-corrected chi connectivity index (χ4v) is 3.62. The smallest absolute Gasteiger partial charge is 0.278 e. The molecule has 1 aromatic heterocycles. The molecule has 0 saturated heterocycles. The predicted octanol–water partition coefficient (Wildman–Crippen LogP) is 6.02. The molecule has 2 N–H and O–H groups in total. The summed E-state index contributed by atoms with van der Waals surface area (Å²) >= 11 is 0. The van der Waals surface area contributed by atoms with Crippen LogP contribution >= 0.6 is 0 Å². The zero-order chi connectivity index (χ0) is 25.5. The molecule has 2 amide bonds. The quantitative estimate of drug-likeness (QED) is 0.301. The summed E-state index contributed by atoms with van der Waals surface area (Å²) in [6.45, 7) is 1.95. The lowest BCUT2D eigenvalue weighted by Gasteiger charge is -2.11. The summed E-state index contributed by atoms with van der Waals surface area (Å²) in [6.07, 6.45) is 1.21. The first kappa shape index (κ1) is 24.5. The van der Waals surface area contributed by atoms with Crippen LogP contribution in [0.1, 0.15) is 30.3 Å². The van der Waals surface area contributed by atoms with Gasteiger partial charge >= 0.3 is 0 Å². The Kier molecular flexibility index (Phi) is 7.65. The highest BCUT2D eigenvalue weighted by molar-refractivity contribution is 6.07. The van der Waals surface area contributed by atoms with Gasteiger partial charge in [-0.05, 0) is 55.0 Å². The summed E-state index contributed by atoms with van der Waals surface area (Å²) in [5.74, 6) is 1.14. The lowest BCUT2D eigenvalue weighted by atomic mass is 10.1. The Bertz CT molecular complexity index is 1350. The van der Waals surface area contributed by atoms with E-state index in [9.17, 15) is 9.59 Å². The minimum absolute atomic E-state index is 0.0522. The molecule has 0 aliphatic rings. The molecule has 184 valence electrons. The lowest BCUT2D eigenvalue weighted by Crippen LogP contribution is -2.14. The molecule has 8 heteroatoms. The number of anilines is 2. The van der Waals surface area contributed by atoms with Crippen LogP contribution in [0, 0.1) is 0 Å². The molecule has 0 atom stereocenters. The van der Waals surface area contributed by atoms with E-state index in [0.717, 1.165) is 12.0 Å². The van der Waals surface area contributed by atoms with Crippen LogP contribution in [0.4, 0.5) is 11.4 Å². The first-order valence-corrected chi connectivity index (χ1v) is 11.5. The number of carbonyl (C=O) groups excluding carboxylic acids is 2. The van der Waals surface area contributed by atoms with E-state index < -0.39 is 5.91 Å². The van der Waals surface area contributed by atoms with Gasteiger partial charge in [-0.3, -0.25) is 9.59 Å². The SMILES string of the molecule is CCCC(=O)Nc1ccc(-c2oc(-c3ccccc3)nc2C(=O)Nc2cc(OC)ccc2OC)cc1. The number of nitrogens with zero attached hydrogens (tertiary/aromatic N) is 1. The van der Waals surface area contributed by atoms with E-state index in [-0.39, 0.29) is 11.6 Å². The fraction of sp³-hybridized carbons (Fsp3) is 0.179. The third kappa shape index (κ3) is 5.55. The van der Waals surface area contributed by atoms with Gasteiger partial charge in [0.2, 0.25) is 11.8 Å². The number of aromatic nitrogens is 1. The second-order valence-electron chi connectivity index (χ2n) is 7.96. The van der Waals surface area contributed by atoms with Gasteiger partial charge in [-0.1, -0.05) is 25.1 Å². The first-order valence-electron chi connectivity index (χ1n) is 11.5. The van der Waals surface area contributed by atoms with Crippen molar-refractivity contribution in [3.63, 3.8) is 0 Å².